The van der Waals surface area contributed by atoms with Crippen LogP contribution >= 0.6 is 11.6 Å². The third-order valence-corrected chi connectivity index (χ3v) is 8.18. The number of aryl methyl sites for hydroxylation is 2. The Bertz CT molecular complexity index is 1070. The summed E-state index contributed by atoms with van der Waals surface area (Å²) in [7, 11) is -3.58. The first-order valence-electron chi connectivity index (χ1n) is 10.2. The Kier molecular flexibility index (Phi) is 6.14. The minimum absolute atomic E-state index is 0.135. The van der Waals surface area contributed by atoms with Crippen LogP contribution in [0.1, 0.15) is 36.8 Å². The van der Waals surface area contributed by atoms with E-state index in [4.69, 9.17) is 11.6 Å². The zero-order chi connectivity index (χ0) is 21.3. The number of halogens is 2. The second-order valence-electron chi connectivity index (χ2n) is 7.93. The number of benzene rings is 2. The van der Waals surface area contributed by atoms with E-state index in [0.29, 0.717) is 23.4 Å². The van der Waals surface area contributed by atoms with Crippen molar-refractivity contribution in [3.05, 3.63) is 58.4 Å². The van der Waals surface area contributed by atoms with E-state index < -0.39 is 15.8 Å². The fourth-order valence-corrected chi connectivity index (χ4v) is 5.94. The first-order valence-corrected chi connectivity index (χ1v) is 12.0. The second-order valence-corrected chi connectivity index (χ2v) is 10.3. The molecular weight excluding hydrogens is 427 g/mol. The second kappa shape index (κ2) is 8.65. The highest BCUT2D eigenvalue weighted by atomic mass is 35.5. The van der Waals surface area contributed by atoms with Gasteiger partial charge in [0, 0.05) is 19.0 Å². The first kappa shape index (κ1) is 21.3. The number of amides is 1. The number of anilines is 1. The van der Waals surface area contributed by atoms with Gasteiger partial charge >= 0.3 is 0 Å². The van der Waals surface area contributed by atoms with Crippen molar-refractivity contribution in [1.29, 1.82) is 0 Å². The van der Waals surface area contributed by atoms with Crippen LogP contribution in [-0.4, -0.2) is 31.7 Å². The van der Waals surface area contributed by atoms with Crippen LogP contribution in [0.3, 0.4) is 0 Å². The van der Waals surface area contributed by atoms with E-state index in [1.807, 2.05) is 12.1 Å². The Hall–Kier alpha value is -1.96. The summed E-state index contributed by atoms with van der Waals surface area (Å²) in [5, 5.41) is 2.86. The largest absolute Gasteiger partial charge is 0.325 e. The third kappa shape index (κ3) is 4.38. The fourth-order valence-electron chi connectivity index (χ4n) is 4.20. The normalized spacial score (nSPS) is 18.1. The average Bonchev–Trinajstić information content (AvgIpc) is 2.75. The van der Waals surface area contributed by atoms with Crippen LogP contribution in [-0.2, 0) is 27.7 Å². The van der Waals surface area contributed by atoms with Crippen molar-refractivity contribution in [2.45, 2.75) is 43.4 Å². The molecule has 0 radical (unpaired) electrons. The molecule has 0 saturated carbocycles. The van der Waals surface area contributed by atoms with E-state index in [1.54, 1.807) is 6.07 Å². The fraction of sp³-hybridized carbons (Fsp3) is 0.409. The van der Waals surface area contributed by atoms with Gasteiger partial charge in [-0.1, -0.05) is 17.7 Å². The van der Waals surface area contributed by atoms with Crippen LogP contribution in [0.4, 0.5) is 10.1 Å². The summed E-state index contributed by atoms with van der Waals surface area (Å²) in [4.78, 5) is 12.9. The number of piperidine rings is 1. The molecule has 160 valence electrons. The van der Waals surface area contributed by atoms with Crippen molar-refractivity contribution in [3.63, 3.8) is 0 Å². The summed E-state index contributed by atoms with van der Waals surface area (Å²) in [6.07, 6.45) is 5.03. The summed E-state index contributed by atoms with van der Waals surface area (Å²) in [6, 6.07) is 9.26. The number of carbonyl (C=O) groups excluding carboxylic acids is 1. The quantitative estimate of drug-likeness (QED) is 0.750. The molecule has 1 heterocycles. The molecule has 1 aliphatic heterocycles. The molecule has 2 aromatic rings. The molecule has 30 heavy (non-hydrogen) atoms. The summed E-state index contributed by atoms with van der Waals surface area (Å²) in [5.41, 5.74) is 2.73. The lowest BCUT2D eigenvalue weighted by molar-refractivity contribution is -0.120. The molecule has 0 bridgehead atoms. The van der Waals surface area contributed by atoms with E-state index >= 15 is 0 Å². The van der Waals surface area contributed by atoms with Crippen LogP contribution in [0.5, 0.6) is 0 Å². The Labute approximate surface area is 181 Å². The molecule has 1 N–H and O–H groups in total. The molecule has 1 aliphatic carbocycles. The Morgan fingerprint density at radius 1 is 1.03 bits per heavy atom. The van der Waals surface area contributed by atoms with Crippen molar-refractivity contribution in [2.24, 2.45) is 5.92 Å². The average molecular weight is 451 g/mol. The lowest BCUT2D eigenvalue weighted by Crippen LogP contribution is -2.41. The maximum atomic E-state index is 13.2. The Balaban J connectivity index is 1.40. The molecule has 5 nitrogen and oxygen atoms in total. The maximum Gasteiger partial charge on any atom is 0.243 e. The number of sulfonamides is 1. The molecule has 2 aromatic carbocycles. The Morgan fingerprint density at radius 3 is 2.43 bits per heavy atom. The molecule has 0 spiro atoms. The van der Waals surface area contributed by atoms with Gasteiger partial charge in [0.1, 0.15) is 5.82 Å². The monoisotopic (exact) mass is 450 g/mol. The van der Waals surface area contributed by atoms with E-state index in [1.165, 1.54) is 22.0 Å². The molecular formula is C22H24ClFN2O3S. The summed E-state index contributed by atoms with van der Waals surface area (Å²) in [5.74, 6) is -1.02. The zero-order valence-electron chi connectivity index (χ0n) is 16.5. The molecule has 4 rings (SSSR count). The number of nitrogens with one attached hydrogen (secondary N) is 1. The predicted octanol–water partition coefficient (Wildman–Crippen LogP) is 4.40. The van der Waals surface area contributed by atoms with Gasteiger partial charge in [-0.15, -0.1) is 0 Å². The van der Waals surface area contributed by atoms with Crippen LogP contribution in [0.25, 0.3) is 0 Å². The lowest BCUT2D eigenvalue weighted by Gasteiger charge is -2.31. The smallest absolute Gasteiger partial charge is 0.243 e. The van der Waals surface area contributed by atoms with Gasteiger partial charge in [-0.3, -0.25) is 4.79 Å². The SMILES string of the molecule is O=C(Nc1ccc(F)cc1Cl)C1CCN(S(=O)(=O)c2ccc3c(c2)CCCC3)CC1. The number of nitrogens with zero attached hydrogens (tertiary/aromatic N) is 1. The molecule has 1 amide bonds. The number of hydrogen-bond acceptors (Lipinski definition) is 3. The van der Waals surface area contributed by atoms with Gasteiger partial charge in [0.2, 0.25) is 15.9 Å². The number of hydrogen-bond donors (Lipinski definition) is 1. The van der Waals surface area contributed by atoms with Gasteiger partial charge in [0.15, 0.2) is 0 Å². The number of fused-ring (bicyclic) bond motifs is 1. The van der Waals surface area contributed by atoms with Gasteiger partial charge in [0.05, 0.1) is 15.6 Å². The highest BCUT2D eigenvalue weighted by Gasteiger charge is 2.32. The van der Waals surface area contributed by atoms with Crippen LogP contribution in [0.15, 0.2) is 41.3 Å². The van der Waals surface area contributed by atoms with Crippen LogP contribution < -0.4 is 5.32 Å². The van der Waals surface area contributed by atoms with Crippen LogP contribution in [0.2, 0.25) is 5.02 Å². The standard InChI is InChI=1S/C22H24ClFN2O3S/c23-20-14-18(24)6-8-21(20)25-22(27)16-9-11-26(12-10-16)30(28,29)19-7-5-15-3-1-2-4-17(15)13-19/h5-8,13-14,16H,1-4,9-12H2,(H,25,27). The molecule has 2 aliphatic rings. The number of rotatable bonds is 4. The van der Waals surface area contributed by atoms with Gasteiger partial charge in [-0.25, -0.2) is 12.8 Å². The van der Waals surface area contributed by atoms with Crippen molar-refractivity contribution in [2.75, 3.05) is 18.4 Å². The van der Waals surface area contributed by atoms with E-state index in [-0.39, 0.29) is 29.9 Å². The summed E-state index contributed by atoms with van der Waals surface area (Å²) < 4.78 is 40.8. The molecule has 1 fully saturated rings. The minimum Gasteiger partial charge on any atom is -0.325 e. The molecule has 8 heteroatoms. The highest BCUT2D eigenvalue weighted by molar-refractivity contribution is 7.89. The lowest BCUT2D eigenvalue weighted by atomic mass is 9.92. The topological polar surface area (TPSA) is 66.5 Å². The van der Waals surface area contributed by atoms with Crippen molar-refractivity contribution in [1.82, 2.24) is 4.31 Å². The third-order valence-electron chi connectivity index (χ3n) is 5.97. The molecule has 0 aromatic heterocycles. The summed E-state index contributed by atoms with van der Waals surface area (Å²) in [6.45, 7) is 0.573. The van der Waals surface area contributed by atoms with Crippen molar-refractivity contribution < 1.29 is 17.6 Å². The van der Waals surface area contributed by atoms with Gasteiger partial charge in [-0.2, -0.15) is 4.31 Å². The minimum atomic E-state index is -3.58. The van der Waals surface area contributed by atoms with E-state index in [9.17, 15) is 17.6 Å². The van der Waals surface area contributed by atoms with Crippen molar-refractivity contribution >= 4 is 33.2 Å². The van der Waals surface area contributed by atoms with E-state index in [0.717, 1.165) is 37.3 Å². The summed E-state index contributed by atoms with van der Waals surface area (Å²) >= 11 is 5.97. The van der Waals surface area contributed by atoms with Gasteiger partial charge in [-0.05, 0) is 80.0 Å². The predicted molar refractivity (Wildman–Crippen MR) is 115 cm³/mol. The molecule has 1 saturated heterocycles. The first-order chi connectivity index (χ1) is 14.3. The van der Waals surface area contributed by atoms with E-state index in [2.05, 4.69) is 5.32 Å². The maximum absolute atomic E-state index is 13.2. The van der Waals surface area contributed by atoms with Crippen LogP contribution in [0, 0.1) is 11.7 Å². The molecule has 0 atom stereocenters. The highest BCUT2D eigenvalue weighted by Crippen LogP contribution is 2.29. The molecule has 0 unspecified atom stereocenters. The Morgan fingerprint density at radius 2 is 1.73 bits per heavy atom. The van der Waals surface area contributed by atoms with Crippen molar-refractivity contribution in [3.8, 4) is 0 Å². The number of carbonyl (C=O) groups is 1. The zero-order valence-corrected chi connectivity index (χ0v) is 18.1. The van der Waals surface area contributed by atoms with Gasteiger partial charge in [0.25, 0.3) is 0 Å². The van der Waals surface area contributed by atoms with Gasteiger partial charge < -0.3 is 5.32 Å².